The SMILES string of the molecule is FC(F)(F)c1cc(-n2nc3ccccc3n2)cc(C(F)(F)F)c1. The number of rotatable bonds is 1. The van der Waals surface area contributed by atoms with Crippen LogP contribution in [0.3, 0.4) is 0 Å². The number of hydrogen-bond acceptors (Lipinski definition) is 2. The Labute approximate surface area is 125 Å². The minimum absolute atomic E-state index is 0.0622. The van der Waals surface area contributed by atoms with Crippen molar-refractivity contribution >= 4 is 11.0 Å². The summed E-state index contributed by atoms with van der Waals surface area (Å²) in [6.07, 6.45) is -9.83. The number of nitrogens with zero attached hydrogens (tertiary/aromatic N) is 3. The summed E-state index contributed by atoms with van der Waals surface area (Å²) >= 11 is 0. The predicted octanol–water partition coefficient (Wildman–Crippen LogP) is 4.46. The number of alkyl halides is 6. The van der Waals surface area contributed by atoms with Gasteiger partial charge >= 0.3 is 12.4 Å². The van der Waals surface area contributed by atoms with E-state index in [1.807, 2.05) is 0 Å². The Bertz CT molecular complexity index is 798. The second-order valence-electron chi connectivity index (χ2n) is 4.74. The molecule has 3 rings (SSSR count). The van der Waals surface area contributed by atoms with Gasteiger partial charge in [-0.1, -0.05) is 12.1 Å². The fourth-order valence-corrected chi connectivity index (χ4v) is 2.03. The van der Waals surface area contributed by atoms with Crippen LogP contribution < -0.4 is 0 Å². The quantitative estimate of drug-likeness (QED) is 0.617. The average Bonchev–Trinajstić information content (AvgIpc) is 2.89. The molecule has 9 heteroatoms. The Morgan fingerprint density at radius 2 is 1.13 bits per heavy atom. The molecule has 23 heavy (non-hydrogen) atoms. The topological polar surface area (TPSA) is 30.7 Å². The predicted molar refractivity (Wildman–Crippen MR) is 68.9 cm³/mol. The van der Waals surface area contributed by atoms with Gasteiger partial charge in [-0.25, -0.2) is 0 Å². The lowest BCUT2D eigenvalue weighted by molar-refractivity contribution is -0.143. The van der Waals surface area contributed by atoms with Crippen molar-refractivity contribution < 1.29 is 26.3 Å². The molecular weight excluding hydrogens is 324 g/mol. The molecule has 0 amide bonds. The second-order valence-corrected chi connectivity index (χ2v) is 4.74. The molecule has 0 aliphatic rings. The van der Waals surface area contributed by atoms with Crippen molar-refractivity contribution in [2.75, 3.05) is 0 Å². The van der Waals surface area contributed by atoms with Crippen LogP contribution in [0.5, 0.6) is 0 Å². The molecule has 3 aromatic rings. The van der Waals surface area contributed by atoms with Crippen molar-refractivity contribution in [3.63, 3.8) is 0 Å². The first kappa shape index (κ1) is 15.3. The van der Waals surface area contributed by atoms with Crippen LogP contribution in [0.1, 0.15) is 11.1 Å². The van der Waals surface area contributed by atoms with Crippen molar-refractivity contribution in [1.82, 2.24) is 15.0 Å². The first-order chi connectivity index (χ1) is 10.6. The fourth-order valence-electron chi connectivity index (χ4n) is 2.03. The maximum absolute atomic E-state index is 12.8. The van der Waals surface area contributed by atoms with Crippen LogP contribution in [0.15, 0.2) is 42.5 Å². The van der Waals surface area contributed by atoms with Crippen molar-refractivity contribution in [3.05, 3.63) is 53.6 Å². The van der Waals surface area contributed by atoms with Gasteiger partial charge in [-0.15, -0.1) is 10.2 Å². The number of halogens is 6. The standard InChI is InChI=1S/C14H7F6N3/c15-13(16,17)8-5-9(14(18,19)20)7-10(6-8)23-21-11-3-1-2-4-12(11)22-23/h1-7H. The first-order valence-corrected chi connectivity index (χ1v) is 6.26. The lowest BCUT2D eigenvalue weighted by Gasteiger charge is -2.13. The summed E-state index contributed by atoms with van der Waals surface area (Å²) in [6, 6.07) is 7.59. The molecule has 3 nitrogen and oxygen atoms in total. The Kier molecular flexibility index (Phi) is 3.31. The molecule has 1 aromatic heterocycles. The Morgan fingerprint density at radius 3 is 1.52 bits per heavy atom. The summed E-state index contributed by atoms with van der Waals surface area (Å²) in [5.74, 6) is 0. The minimum Gasteiger partial charge on any atom is -0.166 e. The van der Waals surface area contributed by atoms with Gasteiger partial charge in [-0.05, 0) is 30.3 Å². The average molecular weight is 331 g/mol. The van der Waals surface area contributed by atoms with Crippen molar-refractivity contribution in [2.24, 2.45) is 0 Å². The van der Waals surface area contributed by atoms with Crippen LogP contribution in [0, 0.1) is 0 Å². The molecule has 0 fully saturated rings. The maximum atomic E-state index is 12.8. The fraction of sp³-hybridized carbons (Fsp3) is 0.143. The Morgan fingerprint density at radius 1 is 0.696 bits per heavy atom. The lowest BCUT2D eigenvalue weighted by atomic mass is 10.1. The highest BCUT2D eigenvalue weighted by atomic mass is 19.4. The molecule has 0 aliphatic heterocycles. The molecule has 0 bridgehead atoms. The number of benzene rings is 2. The first-order valence-electron chi connectivity index (χ1n) is 6.26. The van der Waals surface area contributed by atoms with Gasteiger partial charge in [-0.3, -0.25) is 0 Å². The summed E-state index contributed by atoms with van der Waals surface area (Å²) < 4.78 is 77.0. The van der Waals surface area contributed by atoms with Gasteiger partial charge in [-0.2, -0.15) is 31.1 Å². The lowest BCUT2D eigenvalue weighted by Crippen LogP contribution is -2.13. The van der Waals surface area contributed by atoms with E-state index in [1.54, 1.807) is 24.3 Å². The molecule has 0 radical (unpaired) electrons. The molecule has 120 valence electrons. The van der Waals surface area contributed by atoms with E-state index in [0.717, 1.165) is 4.80 Å². The summed E-state index contributed by atoms with van der Waals surface area (Å²) in [6.45, 7) is 0. The van der Waals surface area contributed by atoms with Gasteiger partial charge in [0.25, 0.3) is 0 Å². The van der Waals surface area contributed by atoms with E-state index in [0.29, 0.717) is 23.2 Å². The molecule has 0 N–H and O–H groups in total. The third-order valence-corrected chi connectivity index (χ3v) is 3.09. The Hall–Kier alpha value is -2.58. The van der Waals surface area contributed by atoms with E-state index >= 15 is 0 Å². The zero-order valence-electron chi connectivity index (χ0n) is 11.2. The van der Waals surface area contributed by atoms with Crippen LogP contribution >= 0.6 is 0 Å². The number of fused-ring (bicyclic) bond motifs is 1. The van der Waals surface area contributed by atoms with Crippen LogP contribution in [-0.4, -0.2) is 15.0 Å². The van der Waals surface area contributed by atoms with Crippen molar-refractivity contribution in [2.45, 2.75) is 12.4 Å². The van der Waals surface area contributed by atoms with Crippen LogP contribution in [-0.2, 0) is 12.4 Å². The van der Waals surface area contributed by atoms with Gasteiger partial charge < -0.3 is 0 Å². The molecule has 0 spiro atoms. The number of hydrogen-bond donors (Lipinski definition) is 0. The molecule has 0 aliphatic carbocycles. The van der Waals surface area contributed by atoms with E-state index in [-0.39, 0.29) is 6.07 Å². The van der Waals surface area contributed by atoms with E-state index in [4.69, 9.17) is 0 Å². The Balaban J connectivity index is 2.21. The molecule has 0 saturated carbocycles. The van der Waals surface area contributed by atoms with Crippen LogP contribution in [0.25, 0.3) is 16.7 Å². The van der Waals surface area contributed by atoms with Gasteiger partial charge in [0.1, 0.15) is 11.0 Å². The second kappa shape index (κ2) is 4.97. The third kappa shape index (κ3) is 2.99. The summed E-state index contributed by atoms with van der Waals surface area (Å²) in [5, 5.41) is 7.80. The van der Waals surface area contributed by atoms with Gasteiger partial charge in [0.15, 0.2) is 0 Å². The minimum atomic E-state index is -4.91. The van der Waals surface area contributed by atoms with Gasteiger partial charge in [0.2, 0.25) is 0 Å². The smallest absolute Gasteiger partial charge is 0.166 e. The summed E-state index contributed by atoms with van der Waals surface area (Å²) in [5.41, 5.74) is -2.52. The van der Waals surface area contributed by atoms with E-state index in [1.165, 1.54) is 0 Å². The molecular formula is C14H7F6N3. The molecule has 1 heterocycles. The molecule has 0 unspecified atom stereocenters. The van der Waals surface area contributed by atoms with Gasteiger partial charge in [0, 0.05) is 0 Å². The number of aromatic nitrogens is 3. The maximum Gasteiger partial charge on any atom is 0.416 e. The molecule has 0 saturated heterocycles. The zero-order valence-corrected chi connectivity index (χ0v) is 11.2. The largest absolute Gasteiger partial charge is 0.416 e. The van der Waals surface area contributed by atoms with Crippen LogP contribution in [0.4, 0.5) is 26.3 Å². The van der Waals surface area contributed by atoms with E-state index in [2.05, 4.69) is 10.2 Å². The van der Waals surface area contributed by atoms with Gasteiger partial charge in [0.05, 0.1) is 16.8 Å². The van der Waals surface area contributed by atoms with E-state index < -0.39 is 29.2 Å². The molecule has 0 atom stereocenters. The highest BCUT2D eigenvalue weighted by Gasteiger charge is 2.37. The zero-order chi connectivity index (χ0) is 16.8. The highest BCUT2D eigenvalue weighted by molar-refractivity contribution is 5.73. The normalized spacial score (nSPS) is 12.8. The highest BCUT2D eigenvalue weighted by Crippen LogP contribution is 2.37. The van der Waals surface area contributed by atoms with Crippen molar-refractivity contribution in [3.8, 4) is 5.69 Å². The molecule has 2 aromatic carbocycles. The third-order valence-electron chi connectivity index (χ3n) is 3.09. The van der Waals surface area contributed by atoms with Crippen molar-refractivity contribution in [1.29, 1.82) is 0 Å². The van der Waals surface area contributed by atoms with Crippen LogP contribution in [0.2, 0.25) is 0 Å². The monoisotopic (exact) mass is 331 g/mol. The summed E-state index contributed by atoms with van der Waals surface area (Å²) in [4.78, 5) is 0.759. The van der Waals surface area contributed by atoms with E-state index in [9.17, 15) is 26.3 Å². The summed E-state index contributed by atoms with van der Waals surface area (Å²) in [7, 11) is 0.